The first-order valence-corrected chi connectivity index (χ1v) is 8.46. The lowest BCUT2D eigenvalue weighted by Gasteiger charge is -2.23. The molecule has 104 valence electrons. The lowest BCUT2D eigenvalue weighted by atomic mass is 10.2. The first kappa shape index (κ1) is 13.5. The van der Waals surface area contributed by atoms with Crippen LogP contribution in [0.15, 0.2) is 41.8 Å². The van der Waals surface area contributed by atoms with Gasteiger partial charge < -0.3 is 10.2 Å². The van der Waals surface area contributed by atoms with Gasteiger partial charge in [-0.2, -0.15) is 0 Å². The Morgan fingerprint density at radius 3 is 2.80 bits per heavy atom. The fourth-order valence-electron chi connectivity index (χ4n) is 2.18. The van der Waals surface area contributed by atoms with Gasteiger partial charge in [-0.15, -0.1) is 23.1 Å². The summed E-state index contributed by atoms with van der Waals surface area (Å²) in [7, 11) is 0. The van der Waals surface area contributed by atoms with Crippen molar-refractivity contribution in [3.05, 3.63) is 52.2 Å². The Morgan fingerprint density at radius 1 is 1.30 bits per heavy atom. The zero-order valence-electron chi connectivity index (χ0n) is 11.2. The number of carbonyl (C=O) groups excluding carboxylic acids is 1. The fourth-order valence-corrected chi connectivity index (χ4v) is 4.41. The number of thioether (sulfide) groups is 1. The lowest BCUT2D eigenvalue weighted by Crippen LogP contribution is -2.34. The summed E-state index contributed by atoms with van der Waals surface area (Å²) in [5.41, 5.74) is 2.04. The predicted molar refractivity (Wildman–Crippen MR) is 86.4 cm³/mol. The van der Waals surface area contributed by atoms with Gasteiger partial charge in [-0.1, -0.05) is 23.8 Å². The average molecular weight is 304 g/mol. The van der Waals surface area contributed by atoms with E-state index < -0.39 is 0 Å². The standard InChI is InChI=1S/C15H16N2OS2/c1-11-4-6-12(7-5-11)16-15(18)17-8-10-20-14(17)13-3-2-9-19-13/h2-7,9,14H,8,10H2,1H3,(H,16,18). The van der Waals surface area contributed by atoms with E-state index in [9.17, 15) is 4.79 Å². The summed E-state index contributed by atoms with van der Waals surface area (Å²) >= 11 is 3.53. The highest BCUT2D eigenvalue weighted by atomic mass is 32.2. The minimum atomic E-state index is -0.0164. The summed E-state index contributed by atoms with van der Waals surface area (Å²) in [5.74, 6) is 0.990. The van der Waals surface area contributed by atoms with Gasteiger partial charge in [-0.3, -0.25) is 0 Å². The maximum Gasteiger partial charge on any atom is 0.323 e. The molecule has 0 bridgehead atoms. The number of nitrogens with zero attached hydrogens (tertiary/aromatic N) is 1. The molecule has 2 amide bonds. The molecule has 2 heterocycles. The molecule has 1 fully saturated rings. The molecule has 1 aliphatic rings. The lowest BCUT2D eigenvalue weighted by molar-refractivity contribution is 0.215. The van der Waals surface area contributed by atoms with E-state index in [4.69, 9.17) is 0 Å². The Hall–Kier alpha value is -1.46. The van der Waals surface area contributed by atoms with Gasteiger partial charge in [-0.25, -0.2) is 4.79 Å². The molecule has 0 spiro atoms. The minimum absolute atomic E-state index is 0.0164. The fraction of sp³-hybridized carbons (Fsp3) is 0.267. The highest BCUT2D eigenvalue weighted by Gasteiger charge is 2.31. The number of thiophene rings is 1. The van der Waals surface area contributed by atoms with Gasteiger partial charge in [-0.05, 0) is 30.5 Å². The van der Waals surface area contributed by atoms with E-state index in [-0.39, 0.29) is 11.4 Å². The number of amides is 2. The van der Waals surface area contributed by atoms with Crippen molar-refractivity contribution in [2.45, 2.75) is 12.3 Å². The largest absolute Gasteiger partial charge is 0.323 e. The van der Waals surface area contributed by atoms with E-state index in [1.165, 1.54) is 10.4 Å². The SMILES string of the molecule is Cc1ccc(NC(=O)N2CCSC2c2cccs2)cc1. The van der Waals surface area contributed by atoms with Gasteiger partial charge in [0.05, 0.1) is 0 Å². The summed E-state index contributed by atoms with van der Waals surface area (Å²) in [6.45, 7) is 2.83. The van der Waals surface area contributed by atoms with E-state index in [0.29, 0.717) is 0 Å². The molecule has 1 aromatic heterocycles. The molecule has 1 aromatic carbocycles. The molecule has 1 aliphatic heterocycles. The smallest absolute Gasteiger partial charge is 0.308 e. The molecule has 0 aliphatic carbocycles. The monoisotopic (exact) mass is 304 g/mol. The van der Waals surface area contributed by atoms with E-state index in [1.807, 2.05) is 53.9 Å². The van der Waals surface area contributed by atoms with Crippen LogP contribution in [0.25, 0.3) is 0 Å². The molecule has 20 heavy (non-hydrogen) atoms. The van der Waals surface area contributed by atoms with Gasteiger partial charge in [0, 0.05) is 22.9 Å². The number of hydrogen-bond acceptors (Lipinski definition) is 3. The van der Waals surface area contributed by atoms with Crippen molar-refractivity contribution >= 4 is 34.8 Å². The second-order valence-electron chi connectivity index (χ2n) is 4.73. The number of nitrogens with one attached hydrogen (secondary N) is 1. The highest BCUT2D eigenvalue weighted by molar-refractivity contribution is 7.99. The van der Waals surface area contributed by atoms with E-state index in [0.717, 1.165) is 18.0 Å². The number of anilines is 1. The first-order chi connectivity index (χ1) is 9.74. The van der Waals surface area contributed by atoms with Crippen molar-refractivity contribution in [3.8, 4) is 0 Å². The van der Waals surface area contributed by atoms with E-state index >= 15 is 0 Å². The number of aryl methyl sites for hydroxylation is 1. The third-order valence-corrected chi connectivity index (χ3v) is 5.56. The van der Waals surface area contributed by atoms with E-state index in [2.05, 4.69) is 16.8 Å². The van der Waals surface area contributed by atoms with Crippen LogP contribution < -0.4 is 5.32 Å². The highest BCUT2D eigenvalue weighted by Crippen LogP contribution is 2.40. The third kappa shape index (κ3) is 2.83. The number of urea groups is 1. The molecule has 1 saturated heterocycles. The van der Waals surface area contributed by atoms with Crippen LogP contribution in [-0.4, -0.2) is 23.2 Å². The third-order valence-electron chi connectivity index (χ3n) is 3.24. The second-order valence-corrected chi connectivity index (χ2v) is 6.90. The molecule has 3 rings (SSSR count). The van der Waals surface area contributed by atoms with Gasteiger partial charge in [0.15, 0.2) is 0 Å². The predicted octanol–water partition coefficient (Wildman–Crippen LogP) is 4.34. The van der Waals surface area contributed by atoms with Crippen molar-refractivity contribution in [2.24, 2.45) is 0 Å². The summed E-state index contributed by atoms with van der Waals surface area (Å²) in [5, 5.41) is 5.19. The summed E-state index contributed by atoms with van der Waals surface area (Å²) in [4.78, 5) is 15.6. The molecular weight excluding hydrogens is 288 g/mol. The maximum atomic E-state index is 12.4. The zero-order valence-corrected chi connectivity index (χ0v) is 12.8. The first-order valence-electron chi connectivity index (χ1n) is 6.53. The summed E-state index contributed by atoms with van der Waals surface area (Å²) in [6, 6.07) is 12.0. The molecule has 1 atom stereocenters. The molecule has 2 aromatic rings. The second kappa shape index (κ2) is 5.89. The van der Waals surface area contributed by atoms with Crippen molar-refractivity contribution in [2.75, 3.05) is 17.6 Å². The van der Waals surface area contributed by atoms with Crippen LogP contribution in [0.4, 0.5) is 10.5 Å². The Labute approximate surface area is 127 Å². The van der Waals surface area contributed by atoms with Crippen LogP contribution in [0.1, 0.15) is 15.8 Å². The molecule has 0 radical (unpaired) electrons. The van der Waals surface area contributed by atoms with E-state index in [1.54, 1.807) is 11.3 Å². The van der Waals surface area contributed by atoms with Gasteiger partial charge >= 0.3 is 6.03 Å². The van der Waals surface area contributed by atoms with Crippen molar-refractivity contribution in [3.63, 3.8) is 0 Å². The van der Waals surface area contributed by atoms with Crippen molar-refractivity contribution in [1.82, 2.24) is 4.90 Å². The van der Waals surface area contributed by atoms with Gasteiger partial charge in [0.1, 0.15) is 5.37 Å². The van der Waals surface area contributed by atoms with Crippen LogP contribution in [0.2, 0.25) is 0 Å². The zero-order chi connectivity index (χ0) is 13.9. The molecule has 0 saturated carbocycles. The van der Waals surface area contributed by atoms with Crippen LogP contribution in [0, 0.1) is 6.92 Å². The number of benzene rings is 1. The van der Waals surface area contributed by atoms with Gasteiger partial charge in [0.25, 0.3) is 0 Å². The van der Waals surface area contributed by atoms with Crippen LogP contribution in [-0.2, 0) is 0 Å². The van der Waals surface area contributed by atoms with Crippen LogP contribution in [0.5, 0.6) is 0 Å². The minimum Gasteiger partial charge on any atom is -0.308 e. The molecule has 1 N–H and O–H groups in total. The number of hydrogen-bond donors (Lipinski definition) is 1. The molecular formula is C15H16N2OS2. The average Bonchev–Trinajstić information content (AvgIpc) is 3.11. The Balaban J connectivity index is 1.71. The number of rotatable bonds is 2. The van der Waals surface area contributed by atoms with Gasteiger partial charge in [0.2, 0.25) is 0 Å². The normalized spacial score (nSPS) is 18.2. The Bertz CT molecular complexity index is 580. The Morgan fingerprint density at radius 2 is 2.10 bits per heavy atom. The summed E-state index contributed by atoms with van der Waals surface area (Å²) < 4.78 is 0. The van der Waals surface area contributed by atoms with Crippen molar-refractivity contribution in [1.29, 1.82) is 0 Å². The Kier molecular flexibility index (Phi) is 3.98. The molecule has 3 nitrogen and oxygen atoms in total. The number of carbonyl (C=O) groups is 1. The topological polar surface area (TPSA) is 32.3 Å². The molecule has 5 heteroatoms. The van der Waals surface area contributed by atoms with Crippen LogP contribution in [0.3, 0.4) is 0 Å². The summed E-state index contributed by atoms with van der Waals surface area (Å²) in [6.07, 6.45) is 0. The quantitative estimate of drug-likeness (QED) is 0.895. The van der Waals surface area contributed by atoms with Crippen molar-refractivity contribution < 1.29 is 4.79 Å². The maximum absolute atomic E-state index is 12.4. The van der Waals surface area contributed by atoms with Crippen LogP contribution >= 0.6 is 23.1 Å². The molecule has 1 unspecified atom stereocenters.